The highest BCUT2D eigenvalue weighted by Gasteiger charge is 2.14. The Balaban J connectivity index is 2.20. The first-order valence-electron chi connectivity index (χ1n) is 6.21. The number of para-hydroxylation sites is 1. The standard InChI is InChI=1S/C14H11ClFN5/c1-2-7-17-12-9-8-18-21(13(9)20-14(15)19-12)11-6-4-3-5-10(11)16/h2-6,8H,1,7H2,(H,17,19,20). The molecule has 2 heterocycles. The van der Waals surface area contributed by atoms with E-state index in [1.807, 2.05) is 0 Å². The normalized spacial score (nSPS) is 10.8. The summed E-state index contributed by atoms with van der Waals surface area (Å²) >= 11 is 5.94. The lowest BCUT2D eigenvalue weighted by atomic mass is 10.3. The zero-order valence-corrected chi connectivity index (χ0v) is 11.7. The van der Waals surface area contributed by atoms with Crippen LogP contribution in [0.5, 0.6) is 0 Å². The highest BCUT2D eigenvalue weighted by Crippen LogP contribution is 2.25. The highest BCUT2D eigenvalue weighted by atomic mass is 35.5. The topological polar surface area (TPSA) is 55.6 Å². The quantitative estimate of drug-likeness (QED) is 0.594. The summed E-state index contributed by atoms with van der Waals surface area (Å²) in [5.41, 5.74) is 0.739. The molecular weight excluding hydrogens is 293 g/mol. The van der Waals surface area contributed by atoms with Crippen LogP contribution in [0.4, 0.5) is 10.2 Å². The zero-order chi connectivity index (χ0) is 14.8. The Kier molecular flexibility index (Phi) is 3.53. The summed E-state index contributed by atoms with van der Waals surface area (Å²) in [4.78, 5) is 8.26. The van der Waals surface area contributed by atoms with Crippen LogP contribution in [-0.2, 0) is 0 Å². The molecule has 1 N–H and O–H groups in total. The van der Waals surface area contributed by atoms with Gasteiger partial charge in [0, 0.05) is 6.54 Å². The molecule has 0 aliphatic carbocycles. The Bertz CT molecular complexity index is 814. The third-order valence-electron chi connectivity index (χ3n) is 2.90. The second-order valence-corrected chi connectivity index (χ2v) is 4.59. The van der Waals surface area contributed by atoms with Gasteiger partial charge in [-0.05, 0) is 23.7 Å². The van der Waals surface area contributed by atoms with E-state index in [9.17, 15) is 4.39 Å². The number of hydrogen-bond acceptors (Lipinski definition) is 4. The Morgan fingerprint density at radius 1 is 1.33 bits per heavy atom. The van der Waals surface area contributed by atoms with Crippen molar-refractivity contribution in [2.75, 3.05) is 11.9 Å². The van der Waals surface area contributed by atoms with E-state index in [-0.39, 0.29) is 5.28 Å². The summed E-state index contributed by atoms with van der Waals surface area (Å²) < 4.78 is 15.3. The number of anilines is 1. The first kappa shape index (κ1) is 13.5. The third kappa shape index (κ3) is 2.45. The van der Waals surface area contributed by atoms with Gasteiger partial charge in [-0.25, -0.2) is 9.07 Å². The Morgan fingerprint density at radius 3 is 2.90 bits per heavy atom. The van der Waals surface area contributed by atoms with Crippen LogP contribution < -0.4 is 5.32 Å². The van der Waals surface area contributed by atoms with E-state index in [1.165, 1.54) is 10.7 Å². The van der Waals surface area contributed by atoms with Crippen molar-refractivity contribution < 1.29 is 4.39 Å². The molecule has 0 aliphatic heterocycles. The molecule has 106 valence electrons. The van der Waals surface area contributed by atoms with Crippen LogP contribution in [0.2, 0.25) is 5.28 Å². The summed E-state index contributed by atoms with van der Waals surface area (Å²) in [6.45, 7) is 4.15. The van der Waals surface area contributed by atoms with Crippen LogP contribution >= 0.6 is 11.6 Å². The van der Waals surface area contributed by atoms with Crippen molar-refractivity contribution >= 4 is 28.5 Å². The molecule has 0 fully saturated rings. The van der Waals surface area contributed by atoms with E-state index in [4.69, 9.17) is 11.6 Å². The van der Waals surface area contributed by atoms with Gasteiger partial charge in [0.25, 0.3) is 0 Å². The SMILES string of the molecule is C=CCNc1nc(Cl)nc2c1cnn2-c1ccccc1F. The molecule has 2 aromatic heterocycles. The minimum atomic E-state index is -0.391. The lowest BCUT2D eigenvalue weighted by Crippen LogP contribution is -2.04. The maximum absolute atomic E-state index is 13.9. The fraction of sp³-hybridized carbons (Fsp3) is 0.0714. The number of fused-ring (bicyclic) bond motifs is 1. The van der Waals surface area contributed by atoms with E-state index in [0.29, 0.717) is 29.1 Å². The molecule has 3 rings (SSSR count). The van der Waals surface area contributed by atoms with Gasteiger partial charge in [0.1, 0.15) is 17.3 Å². The minimum absolute atomic E-state index is 0.0622. The molecule has 0 bridgehead atoms. The van der Waals surface area contributed by atoms with Crippen molar-refractivity contribution in [1.82, 2.24) is 19.7 Å². The van der Waals surface area contributed by atoms with Crippen LogP contribution in [0.3, 0.4) is 0 Å². The highest BCUT2D eigenvalue weighted by molar-refractivity contribution is 6.28. The lowest BCUT2D eigenvalue weighted by molar-refractivity contribution is 0.612. The smallest absolute Gasteiger partial charge is 0.226 e. The summed E-state index contributed by atoms with van der Waals surface area (Å²) in [6.07, 6.45) is 3.27. The molecular formula is C14H11ClFN5. The summed E-state index contributed by atoms with van der Waals surface area (Å²) in [6, 6.07) is 6.33. The molecule has 0 spiro atoms. The number of rotatable bonds is 4. The fourth-order valence-corrected chi connectivity index (χ4v) is 2.15. The average Bonchev–Trinajstić information content (AvgIpc) is 2.89. The molecule has 0 radical (unpaired) electrons. The van der Waals surface area contributed by atoms with Crippen LogP contribution in [-0.4, -0.2) is 26.3 Å². The maximum atomic E-state index is 13.9. The van der Waals surface area contributed by atoms with Crippen LogP contribution in [0.25, 0.3) is 16.7 Å². The maximum Gasteiger partial charge on any atom is 0.226 e. The Hall–Kier alpha value is -2.47. The van der Waals surface area contributed by atoms with Crippen molar-refractivity contribution in [2.24, 2.45) is 0 Å². The van der Waals surface area contributed by atoms with Gasteiger partial charge in [0.05, 0.1) is 11.6 Å². The van der Waals surface area contributed by atoms with Gasteiger partial charge in [0.2, 0.25) is 5.28 Å². The van der Waals surface area contributed by atoms with E-state index >= 15 is 0 Å². The Morgan fingerprint density at radius 2 is 2.14 bits per heavy atom. The predicted octanol–water partition coefficient (Wildman–Crippen LogP) is 3.21. The van der Waals surface area contributed by atoms with E-state index < -0.39 is 5.82 Å². The molecule has 5 nitrogen and oxygen atoms in total. The number of nitrogens with zero attached hydrogens (tertiary/aromatic N) is 4. The van der Waals surface area contributed by atoms with Gasteiger partial charge in [0.15, 0.2) is 5.65 Å². The van der Waals surface area contributed by atoms with Gasteiger partial charge >= 0.3 is 0 Å². The van der Waals surface area contributed by atoms with Crippen molar-refractivity contribution in [1.29, 1.82) is 0 Å². The first-order valence-corrected chi connectivity index (χ1v) is 6.59. The van der Waals surface area contributed by atoms with Crippen molar-refractivity contribution in [2.45, 2.75) is 0 Å². The second kappa shape index (κ2) is 5.49. The van der Waals surface area contributed by atoms with E-state index in [0.717, 1.165) is 0 Å². The summed E-state index contributed by atoms with van der Waals surface area (Å²) in [5.74, 6) is 0.144. The third-order valence-corrected chi connectivity index (χ3v) is 3.06. The average molecular weight is 304 g/mol. The molecule has 7 heteroatoms. The molecule has 1 aromatic carbocycles. The van der Waals surface area contributed by atoms with Gasteiger partial charge in [-0.1, -0.05) is 18.2 Å². The molecule has 0 aliphatic rings. The largest absolute Gasteiger partial charge is 0.366 e. The first-order chi connectivity index (χ1) is 10.2. The predicted molar refractivity (Wildman–Crippen MR) is 80.3 cm³/mol. The minimum Gasteiger partial charge on any atom is -0.366 e. The molecule has 0 saturated carbocycles. The zero-order valence-electron chi connectivity index (χ0n) is 10.9. The molecule has 0 unspecified atom stereocenters. The van der Waals surface area contributed by atoms with E-state index in [2.05, 4.69) is 27.0 Å². The Labute approximate surface area is 125 Å². The molecule has 0 amide bonds. The monoisotopic (exact) mass is 303 g/mol. The van der Waals surface area contributed by atoms with Crippen LogP contribution in [0, 0.1) is 5.82 Å². The van der Waals surface area contributed by atoms with Crippen LogP contribution in [0.1, 0.15) is 0 Å². The van der Waals surface area contributed by atoms with Gasteiger partial charge in [-0.15, -0.1) is 6.58 Å². The number of benzene rings is 1. The number of aromatic nitrogens is 4. The molecule has 0 saturated heterocycles. The van der Waals surface area contributed by atoms with Crippen molar-refractivity contribution in [3.8, 4) is 5.69 Å². The fourth-order valence-electron chi connectivity index (χ4n) is 1.98. The van der Waals surface area contributed by atoms with Gasteiger partial charge < -0.3 is 5.32 Å². The van der Waals surface area contributed by atoms with E-state index in [1.54, 1.807) is 30.5 Å². The van der Waals surface area contributed by atoms with Gasteiger partial charge in [-0.2, -0.15) is 15.1 Å². The molecule has 21 heavy (non-hydrogen) atoms. The number of halogens is 2. The number of hydrogen-bond donors (Lipinski definition) is 1. The second-order valence-electron chi connectivity index (χ2n) is 4.26. The summed E-state index contributed by atoms with van der Waals surface area (Å²) in [7, 11) is 0. The lowest BCUT2D eigenvalue weighted by Gasteiger charge is -2.06. The van der Waals surface area contributed by atoms with Crippen LogP contribution in [0.15, 0.2) is 43.1 Å². The molecule has 3 aromatic rings. The summed E-state index contributed by atoms with van der Waals surface area (Å²) in [5, 5.41) is 7.96. The van der Waals surface area contributed by atoms with Crippen molar-refractivity contribution in [3.05, 3.63) is 54.2 Å². The number of nitrogens with one attached hydrogen (secondary N) is 1. The van der Waals surface area contributed by atoms with Gasteiger partial charge in [-0.3, -0.25) is 0 Å². The molecule has 0 atom stereocenters. The van der Waals surface area contributed by atoms with Crippen molar-refractivity contribution in [3.63, 3.8) is 0 Å².